The third kappa shape index (κ3) is 7.05. The van der Waals surface area contributed by atoms with Gasteiger partial charge in [0, 0.05) is 35.7 Å². The summed E-state index contributed by atoms with van der Waals surface area (Å²) in [5.74, 6) is 0. The molecule has 0 atom stereocenters. The minimum absolute atomic E-state index is 0.000110. The molecule has 186 valence electrons. The zero-order chi connectivity index (χ0) is 25.8. The van der Waals surface area contributed by atoms with Gasteiger partial charge in [0.15, 0.2) is 0 Å². The van der Waals surface area contributed by atoms with Crippen LogP contribution < -0.4 is 5.32 Å². The molecule has 4 nitrogen and oxygen atoms in total. The van der Waals surface area contributed by atoms with Crippen molar-refractivity contribution in [1.29, 1.82) is 0 Å². The van der Waals surface area contributed by atoms with Gasteiger partial charge in [-0.25, -0.2) is 4.79 Å². The van der Waals surface area contributed by atoms with Crippen molar-refractivity contribution in [2.75, 3.05) is 11.9 Å². The standard InChI is InChI=1S/C24H20ClF6N3O/c1-2-8-34(15-21-7-4-9-33(21)14-16-5-3-6-19(25)10-16)22(35)32-20-12-17(23(26,27)28)11-18(13-20)24(29,30)31/h2-7,9-13H,1,8,14-15H2,(H,32,35). The van der Waals surface area contributed by atoms with Gasteiger partial charge < -0.3 is 14.8 Å². The Bertz CT molecular complexity index is 1170. The predicted octanol–water partition coefficient (Wildman–Crippen LogP) is 7.45. The number of benzene rings is 2. The Kier molecular flexibility index (Phi) is 7.84. The molecular weight excluding hydrogens is 496 g/mol. The van der Waals surface area contributed by atoms with E-state index in [0.717, 1.165) is 5.56 Å². The number of alkyl halides is 6. The average molecular weight is 516 g/mol. The number of anilines is 1. The number of amides is 2. The first-order chi connectivity index (χ1) is 16.4. The van der Waals surface area contributed by atoms with E-state index in [4.69, 9.17) is 11.6 Å². The summed E-state index contributed by atoms with van der Waals surface area (Å²) < 4.78 is 80.7. The summed E-state index contributed by atoms with van der Waals surface area (Å²) in [4.78, 5) is 14.1. The van der Waals surface area contributed by atoms with Crippen molar-refractivity contribution in [2.24, 2.45) is 0 Å². The normalized spacial score (nSPS) is 11.9. The number of rotatable bonds is 7. The van der Waals surface area contributed by atoms with Crippen molar-refractivity contribution in [3.8, 4) is 0 Å². The summed E-state index contributed by atoms with van der Waals surface area (Å²) in [6.07, 6.45) is -6.87. The van der Waals surface area contributed by atoms with Crippen molar-refractivity contribution < 1.29 is 31.1 Å². The predicted molar refractivity (Wildman–Crippen MR) is 121 cm³/mol. The summed E-state index contributed by atoms with van der Waals surface area (Å²) >= 11 is 6.03. The van der Waals surface area contributed by atoms with Crippen LogP contribution in [0.2, 0.25) is 5.02 Å². The smallest absolute Gasteiger partial charge is 0.345 e. The highest BCUT2D eigenvalue weighted by atomic mass is 35.5. The van der Waals surface area contributed by atoms with Crippen LogP contribution in [0.4, 0.5) is 36.8 Å². The number of carbonyl (C=O) groups excluding carboxylic acids is 1. The van der Waals surface area contributed by atoms with Gasteiger partial charge in [-0.05, 0) is 48.0 Å². The molecule has 3 aromatic rings. The summed E-state index contributed by atoms with van der Waals surface area (Å²) in [6, 6.07) is 10.7. The molecule has 0 aliphatic carbocycles. The number of carbonyl (C=O) groups is 1. The molecule has 0 fully saturated rings. The minimum atomic E-state index is -5.03. The molecule has 0 radical (unpaired) electrons. The number of nitrogens with zero attached hydrogens (tertiary/aromatic N) is 2. The van der Waals surface area contributed by atoms with Crippen LogP contribution in [0.3, 0.4) is 0 Å². The topological polar surface area (TPSA) is 37.3 Å². The molecule has 11 heteroatoms. The van der Waals surface area contributed by atoms with E-state index in [1.165, 1.54) is 11.0 Å². The second-order valence-electron chi connectivity index (χ2n) is 7.65. The maximum Gasteiger partial charge on any atom is 0.416 e. The average Bonchev–Trinajstić information content (AvgIpc) is 3.18. The lowest BCUT2D eigenvalue weighted by Crippen LogP contribution is -2.35. The minimum Gasteiger partial charge on any atom is -0.345 e. The van der Waals surface area contributed by atoms with Crippen LogP contribution in [0.25, 0.3) is 0 Å². The lowest BCUT2D eigenvalue weighted by atomic mass is 10.1. The highest BCUT2D eigenvalue weighted by Crippen LogP contribution is 2.37. The monoisotopic (exact) mass is 515 g/mol. The van der Waals surface area contributed by atoms with Crippen LogP contribution in [-0.4, -0.2) is 22.0 Å². The molecule has 0 spiro atoms. The zero-order valence-electron chi connectivity index (χ0n) is 18.1. The van der Waals surface area contributed by atoms with Gasteiger partial charge in [0.05, 0.1) is 17.7 Å². The lowest BCUT2D eigenvalue weighted by molar-refractivity contribution is -0.143. The summed E-state index contributed by atoms with van der Waals surface area (Å²) in [5, 5.41) is 2.71. The van der Waals surface area contributed by atoms with Gasteiger partial charge in [-0.3, -0.25) is 0 Å². The molecule has 0 saturated heterocycles. The first kappa shape index (κ1) is 26.2. The Balaban J connectivity index is 1.83. The van der Waals surface area contributed by atoms with Crippen LogP contribution in [-0.2, 0) is 25.4 Å². The number of hydrogen-bond donors (Lipinski definition) is 1. The Labute approximate surface area is 202 Å². The van der Waals surface area contributed by atoms with Gasteiger partial charge in [0.1, 0.15) is 0 Å². The molecule has 0 bridgehead atoms. The SMILES string of the molecule is C=CCN(Cc1cccn1Cc1cccc(Cl)c1)C(=O)Nc1cc(C(F)(F)F)cc(C(F)(F)F)c1. The van der Waals surface area contributed by atoms with E-state index in [-0.39, 0.29) is 19.2 Å². The fourth-order valence-electron chi connectivity index (χ4n) is 3.38. The van der Waals surface area contributed by atoms with E-state index in [1.807, 2.05) is 10.6 Å². The van der Waals surface area contributed by atoms with E-state index >= 15 is 0 Å². The molecule has 3 rings (SSSR count). The zero-order valence-corrected chi connectivity index (χ0v) is 18.9. The van der Waals surface area contributed by atoms with E-state index in [2.05, 4.69) is 11.9 Å². The van der Waals surface area contributed by atoms with Gasteiger partial charge in [-0.2, -0.15) is 26.3 Å². The largest absolute Gasteiger partial charge is 0.416 e. The Morgan fingerprint density at radius 3 is 2.23 bits per heavy atom. The van der Waals surface area contributed by atoms with E-state index in [0.29, 0.717) is 29.4 Å². The van der Waals surface area contributed by atoms with E-state index < -0.39 is 35.2 Å². The van der Waals surface area contributed by atoms with Crippen molar-refractivity contribution in [3.05, 3.63) is 101 Å². The number of hydrogen-bond acceptors (Lipinski definition) is 1. The second kappa shape index (κ2) is 10.5. The van der Waals surface area contributed by atoms with Gasteiger partial charge in [0.25, 0.3) is 0 Å². The molecule has 35 heavy (non-hydrogen) atoms. The van der Waals surface area contributed by atoms with E-state index in [9.17, 15) is 31.1 Å². The fourth-order valence-corrected chi connectivity index (χ4v) is 3.59. The van der Waals surface area contributed by atoms with Crippen LogP contribution in [0, 0.1) is 0 Å². The first-order valence-electron chi connectivity index (χ1n) is 10.2. The lowest BCUT2D eigenvalue weighted by Gasteiger charge is -2.23. The van der Waals surface area contributed by atoms with Gasteiger partial charge in [0.2, 0.25) is 0 Å². The van der Waals surface area contributed by atoms with Crippen LogP contribution >= 0.6 is 11.6 Å². The Morgan fingerprint density at radius 2 is 1.66 bits per heavy atom. The fraction of sp³-hybridized carbons (Fsp3) is 0.208. The molecule has 0 aliphatic heterocycles. The molecule has 1 aromatic heterocycles. The highest BCUT2D eigenvalue weighted by Gasteiger charge is 2.37. The third-order valence-corrected chi connectivity index (χ3v) is 5.23. The molecular formula is C24H20ClF6N3O. The van der Waals surface area contributed by atoms with Crippen molar-refractivity contribution in [1.82, 2.24) is 9.47 Å². The first-order valence-corrected chi connectivity index (χ1v) is 10.6. The molecule has 2 aromatic carbocycles. The number of nitrogens with one attached hydrogen (secondary N) is 1. The highest BCUT2D eigenvalue weighted by molar-refractivity contribution is 6.30. The van der Waals surface area contributed by atoms with Crippen LogP contribution in [0.15, 0.2) is 73.4 Å². The molecule has 0 aliphatic rings. The number of urea groups is 1. The van der Waals surface area contributed by atoms with Crippen molar-refractivity contribution in [2.45, 2.75) is 25.4 Å². The number of aromatic nitrogens is 1. The third-order valence-electron chi connectivity index (χ3n) is 4.99. The maximum absolute atomic E-state index is 13.1. The van der Waals surface area contributed by atoms with Gasteiger partial charge in [-0.1, -0.05) is 29.8 Å². The molecule has 1 heterocycles. The van der Waals surface area contributed by atoms with Gasteiger partial charge >= 0.3 is 18.4 Å². The molecule has 1 N–H and O–H groups in total. The Morgan fingerprint density at radius 1 is 1.00 bits per heavy atom. The maximum atomic E-state index is 13.1. The number of halogens is 7. The van der Waals surface area contributed by atoms with Crippen LogP contribution in [0.5, 0.6) is 0 Å². The summed E-state index contributed by atoms with van der Waals surface area (Å²) in [6.45, 7) is 4.03. The molecule has 2 amide bonds. The summed E-state index contributed by atoms with van der Waals surface area (Å²) in [7, 11) is 0. The van der Waals surface area contributed by atoms with E-state index in [1.54, 1.807) is 36.5 Å². The van der Waals surface area contributed by atoms with Crippen LogP contribution in [0.1, 0.15) is 22.4 Å². The van der Waals surface area contributed by atoms with Crippen molar-refractivity contribution in [3.63, 3.8) is 0 Å². The second-order valence-corrected chi connectivity index (χ2v) is 8.09. The Hall–Kier alpha value is -3.40. The van der Waals surface area contributed by atoms with Gasteiger partial charge in [-0.15, -0.1) is 6.58 Å². The summed E-state index contributed by atoms with van der Waals surface area (Å²) in [5.41, 5.74) is -2.08. The quantitative estimate of drug-likeness (QED) is 0.257. The molecule has 0 saturated carbocycles. The van der Waals surface area contributed by atoms with Crippen molar-refractivity contribution >= 4 is 23.3 Å². The molecule has 0 unspecified atom stereocenters.